The molecule has 3 aromatic heterocycles. The minimum absolute atomic E-state index is 0.287. The topological polar surface area (TPSA) is 50.4 Å². The number of hydrogen-bond acceptors (Lipinski definition) is 3. The lowest BCUT2D eigenvalue weighted by molar-refractivity contribution is 0.458. The Hall–Kier alpha value is -6.26. The highest BCUT2D eigenvalue weighted by molar-refractivity contribution is 5.89. The number of rotatable bonds is 5. The lowest BCUT2D eigenvalue weighted by Crippen LogP contribution is -2.15. The van der Waals surface area contributed by atoms with Crippen LogP contribution < -0.4 is 0 Å². The molecule has 0 saturated carbocycles. The summed E-state index contributed by atoms with van der Waals surface area (Å²) in [4.78, 5) is 10.4. The van der Waals surface area contributed by atoms with Crippen LogP contribution in [0.2, 0.25) is 0 Å². The van der Waals surface area contributed by atoms with Crippen molar-refractivity contribution >= 4 is 5.65 Å². The number of nitrogens with zero attached hydrogens (tertiary/aromatic N) is 3. The highest BCUT2D eigenvalue weighted by Gasteiger charge is 2.38. The van der Waals surface area contributed by atoms with Gasteiger partial charge in [0.2, 0.25) is 0 Å². The molecule has 0 aliphatic heterocycles. The Morgan fingerprint density at radius 2 is 1.22 bits per heavy atom. The van der Waals surface area contributed by atoms with E-state index < -0.39 is 0 Å². The number of aromatic nitrogens is 3. The van der Waals surface area contributed by atoms with Crippen LogP contribution in [0, 0.1) is 6.92 Å². The van der Waals surface area contributed by atoms with E-state index in [1.807, 2.05) is 30.3 Å². The molecule has 4 nitrogen and oxygen atoms in total. The number of fused-ring (bicyclic) bond motifs is 4. The SMILES string of the molecule is Cc1ccccc1-c1cc(-c2cccc(-c3nc4ccccn4c3-c3ccccc3)c2)nc(-c2ccc3c(c2O)C(C)(C)c2ccccc2-3)c1. The van der Waals surface area contributed by atoms with Gasteiger partial charge in [-0.3, -0.25) is 4.40 Å². The van der Waals surface area contributed by atoms with Crippen LogP contribution in [-0.4, -0.2) is 19.5 Å². The zero-order valence-electron chi connectivity index (χ0n) is 28.2. The van der Waals surface area contributed by atoms with Crippen molar-refractivity contribution in [3.05, 3.63) is 168 Å². The van der Waals surface area contributed by atoms with Gasteiger partial charge in [0.1, 0.15) is 11.4 Å². The van der Waals surface area contributed by atoms with Crippen LogP contribution in [0.4, 0.5) is 0 Å². The number of phenols is 1. The van der Waals surface area contributed by atoms with Gasteiger partial charge >= 0.3 is 0 Å². The van der Waals surface area contributed by atoms with Crippen LogP contribution in [-0.2, 0) is 5.41 Å². The van der Waals surface area contributed by atoms with Gasteiger partial charge in [0.15, 0.2) is 0 Å². The number of imidazole rings is 1. The molecule has 9 rings (SSSR count). The Morgan fingerprint density at radius 3 is 2.06 bits per heavy atom. The molecule has 0 bridgehead atoms. The third-order valence-electron chi connectivity index (χ3n) is 10.3. The highest BCUT2D eigenvalue weighted by Crippen LogP contribution is 2.54. The number of phenolic OH excluding ortho intramolecular Hbond substituents is 1. The summed E-state index contributed by atoms with van der Waals surface area (Å²) < 4.78 is 2.16. The first kappa shape index (κ1) is 29.8. The number of aryl methyl sites for hydroxylation is 1. The Balaban J connectivity index is 1.24. The second-order valence-electron chi connectivity index (χ2n) is 13.7. The van der Waals surface area contributed by atoms with E-state index in [1.54, 1.807) is 0 Å². The van der Waals surface area contributed by atoms with Crippen LogP contribution in [0.3, 0.4) is 0 Å². The third kappa shape index (κ3) is 4.67. The van der Waals surface area contributed by atoms with Crippen molar-refractivity contribution in [1.82, 2.24) is 14.4 Å². The van der Waals surface area contributed by atoms with E-state index in [2.05, 4.69) is 147 Å². The van der Waals surface area contributed by atoms with Crippen LogP contribution in [0.1, 0.15) is 30.5 Å². The Labute approximate surface area is 292 Å². The van der Waals surface area contributed by atoms with Gasteiger partial charge in [-0.1, -0.05) is 123 Å². The van der Waals surface area contributed by atoms with E-state index in [4.69, 9.17) is 9.97 Å². The first-order valence-electron chi connectivity index (χ1n) is 17.1. The molecule has 3 heterocycles. The predicted octanol–water partition coefficient (Wildman–Crippen LogP) is 11.4. The maximum Gasteiger partial charge on any atom is 0.137 e. The molecule has 0 unspecified atom stereocenters. The van der Waals surface area contributed by atoms with Gasteiger partial charge in [-0.25, -0.2) is 9.97 Å². The lowest BCUT2D eigenvalue weighted by Gasteiger charge is -2.23. The van der Waals surface area contributed by atoms with Gasteiger partial charge in [-0.15, -0.1) is 0 Å². The largest absolute Gasteiger partial charge is 0.507 e. The maximum atomic E-state index is 12.1. The fraction of sp³-hybridized carbons (Fsp3) is 0.0870. The fourth-order valence-electron chi connectivity index (χ4n) is 7.82. The molecule has 1 aliphatic rings. The van der Waals surface area contributed by atoms with Crippen molar-refractivity contribution in [2.75, 3.05) is 0 Å². The van der Waals surface area contributed by atoms with Crippen molar-refractivity contribution in [1.29, 1.82) is 0 Å². The number of aromatic hydroxyl groups is 1. The zero-order valence-corrected chi connectivity index (χ0v) is 28.2. The lowest BCUT2D eigenvalue weighted by atomic mass is 9.81. The average Bonchev–Trinajstić information content (AvgIpc) is 3.65. The molecule has 0 spiro atoms. The van der Waals surface area contributed by atoms with Gasteiger partial charge in [-0.05, 0) is 76.7 Å². The summed E-state index contributed by atoms with van der Waals surface area (Å²) in [6.45, 7) is 6.52. The first-order chi connectivity index (χ1) is 24.4. The van der Waals surface area contributed by atoms with E-state index in [0.717, 1.165) is 72.9 Å². The van der Waals surface area contributed by atoms with E-state index in [-0.39, 0.29) is 11.2 Å². The second-order valence-corrected chi connectivity index (χ2v) is 13.7. The van der Waals surface area contributed by atoms with Crippen LogP contribution in [0.25, 0.3) is 72.9 Å². The maximum absolute atomic E-state index is 12.1. The summed E-state index contributed by atoms with van der Waals surface area (Å²) >= 11 is 0. The van der Waals surface area contributed by atoms with Crippen molar-refractivity contribution in [3.8, 4) is 73.0 Å². The van der Waals surface area contributed by atoms with E-state index in [9.17, 15) is 5.11 Å². The first-order valence-corrected chi connectivity index (χ1v) is 17.1. The zero-order chi connectivity index (χ0) is 34.0. The van der Waals surface area contributed by atoms with Gasteiger partial charge in [-0.2, -0.15) is 0 Å². The average molecular weight is 646 g/mol. The molecule has 1 N–H and O–H groups in total. The molecule has 50 heavy (non-hydrogen) atoms. The second kappa shape index (κ2) is 11.4. The molecule has 0 amide bonds. The third-order valence-corrected chi connectivity index (χ3v) is 10.3. The van der Waals surface area contributed by atoms with E-state index in [0.29, 0.717) is 0 Å². The quantitative estimate of drug-likeness (QED) is 0.203. The molecule has 0 atom stereocenters. The van der Waals surface area contributed by atoms with Crippen LogP contribution in [0.15, 0.2) is 152 Å². The molecule has 0 radical (unpaired) electrons. The van der Waals surface area contributed by atoms with Gasteiger partial charge < -0.3 is 5.11 Å². The van der Waals surface area contributed by atoms with E-state index in [1.165, 1.54) is 16.7 Å². The number of pyridine rings is 2. The fourth-order valence-corrected chi connectivity index (χ4v) is 7.82. The summed E-state index contributed by atoms with van der Waals surface area (Å²) in [5.74, 6) is 0.287. The highest BCUT2D eigenvalue weighted by atomic mass is 16.3. The molecular formula is C46H35N3O. The minimum Gasteiger partial charge on any atom is -0.507 e. The Bertz CT molecular complexity index is 2600. The minimum atomic E-state index is -0.346. The number of benzene rings is 5. The molecule has 4 heteroatoms. The monoisotopic (exact) mass is 645 g/mol. The van der Waals surface area contributed by atoms with Gasteiger partial charge in [0, 0.05) is 39.4 Å². The molecule has 1 aliphatic carbocycles. The van der Waals surface area contributed by atoms with Crippen molar-refractivity contribution in [2.45, 2.75) is 26.2 Å². The normalized spacial score (nSPS) is 12.9. The molecule has 240 valence electrons. The Kier molecular flexibility index (Phi) is 6.82. The van der Waals surface area contributed by atoms with Gasteiger partial charge in [0.25, 0.3) is 0 Å². The van der Waals surface area contributed by atoms with Crippen molar-refractivity contribution in [3.63, 3.8) is 0 Å². The molecule has 8 aromatic rings. The molecule has 0 saturated heterocycles. The van der Waals surface area contributed by atoms with Crippen LogP contribution >= 0.6 is 0 Å². The standard InChI is InChI=1S/C46H35N3O/c1-29-14-7-8-19-34(29)33-27-39(47-40(28-33)37-24-23-36-35-20-9-10-21-38(35)46(2,3)42(36)45(37)50)31-17-13-18-32(26-31)43-44(30-15-5-4-6-16-30)49-25-12-11-22-41(49)48-43/h4-28,50H,1-3H3. The summed E-state index contributed by atoms with van der Waals surface area (Å²) in [5.41, 5.74) is 15.7. The summed E-state index contributed by atoms with van der Waals surface area (Å²) in [6.07, 6.45) is 2.07. The summed E-state index contributed by atoms with van der Waals surface area (Å²) in [7, 11) is 0. The molecule has 5 aromatic carbocycles. The van der Waals surface area contributed by atoms with Crippen LogP contribution in [0.5, 0.6) is 5.75 Å². The Morgan fingerprint density at radius 1 is 0.540 bits per heavy atom. The summed E-state index contributed by atoms with van der Waals surface area (Å²) in [5, 5.41) is 12.1. The predicted molar refractivity (Wildman–Crippen MR) is 204 cm³/mol. The van der Waals surface area contributed by atoms with Crippen molar-refractivity contribution < 1.29 is 5.11 Å². The molecule has 0 fully saturated rings. The van der Waals surface area contributed by atoms with Crippen molar-refractivity contribution in [2.24, 2.45) is 0 Å². The molecular weight excluding hydrogens is 611 g/mol. The van der Waals surface area contributed by atoms with Gasteiger partial charge in [0.05, 0.1) is 22.8 Å². The number of hydrogen-bond donors (Lipinski definition) is 1. The van der Waals surface area contributed by atoms with E-state index >= 15 is 0 Å². The smallest absolute Gasteiger partial charge is 0.137 e. The summed E-state index contributed by atoms with van der Waals surface area (Å²) in [6, 6.07) is 50.4.